The van der Waals surface area contributed by atoms with Gasteiger partial charge in [0, 0.05) is 0 Å². The molecule has 0 aliphatic rings. The maximum Gasteiger partial charge on any atom is 0.355 e. The fraction of sp³-hybridized carbons (Fsp3) is 0.143. The average Bonchev–Trinajstić information content (AvgIpc) is 2.04. The van der Waals surface area contributed by atoms with Crippen LogP contribution in [0.15, 0.2) is 10.7 Å². The van der Waals surface area contributed by atoms with Gasteiger partial charge in [-0.05, 0) is 15.9 Å². The van der Waals surface area contributed by atoms with Crippen molar-refractivity contribution in [2.75, 3.05) is 7.11 Å². The molecule has 0 radical (unpaired) electrons. The third kappa shape index (κ3) is 1.77. The summed E-state index contributed by atoms with van der Waals surface area (Å²) in [6.07, 6.45) is 0.799. The summed E-state index contributed by atoms with van der Waals surface area (Å²) >= 11 is 2.88. The van der Waals surface area contributed by atoms with Gasteiger partial charge in [0.05, 0.1) is 17.8 Å². The van der Waals surface area contributed by atoms with E-state index in [4.69, 9.17) is 5.11 Å². The zero-order chi connectivity index (χ0) is 10.0. The van der Waals surface area contributed by atoms with Crippen LogP contribution in [0.2, 0.25) is 0 Å². The molecule has 1 rings (SSSR count). The highest BCUT2D eigenvalue weighted by Crippen LogP contribution is 2.29. The number of aromatic carboxylic acids is 1. The SMILES string of the molecule is COc1c(F)cnc(C(=O)O)c1Br. The molecule has 0 spiro atoms. The second kappa shape index (κ2) is 3.69. The van der Waals surface area contributed by atoms with E-state index < -0.39 is 11.8 Å². The zero-order valence-corrected chi connectivity index (χ0v) is 8.13. The van der Waals surface area contributed by atoms with E-state index in [2.05, 4.69) is 25.7 Å². The molecule has 1 N–H and O–H groups in total. The maximum atomic E-state index is 12.9. The van der Waals surface area contributed by atoms with Gasteiger partial charge < -0.3 is 9.84 Å². The normalized spacial score (nSPS) is 9.77. The fourth-order valence-electron chi connectivity index (χ4n) is 0.785. The molecule has 1 heterocycles. The van der Waals surface area contributed by atoms with E-state index >= 15 is 0 Å². The van der Waals surface area contributed by atoms with Gasteiger partial charge in [0.15, 0.2) is 17.3 Å². The molecule has 4 nitrogen and oxygen atoms in total. The summed E-state index contributed by atoms with van der Waals surface area (Å²) in [5, 5.41) is 8.61. The lowest BCUT2D eigenvalue weighted by atomic mass is 10.3. The molecule has 0 aromatic carbocycles. The molecule has 0 fully saturated rings. The van der Waals surface area contributed by atoms with E-state index in [1.54, 1.807) is 0 Å². The van der Waals surface area contributed by atoms with E-state index in [-0.39, 0.29) is 15.9 Å². The molecule has 0 bridgehead atoms. The number of carboxylic acid groups (broad SMARTS) is 1. The summed E-state index contributed by atoms with van der Waals surface area (Å²) in [7, 11) is 1.24. The number of pyridine rings is 1. The number of rotatable bonds is 2. The predicted octanol–water partition coefficient (Wildman–Crippen LogP) is 1.69. The van der Waals surface area contributed by atoms with Crippen LogP contribution in [0.5, 0.6) is 5.75 Å². The standard InChI is InChI=1S/C7H5BrFNO3/c1-13-6-3(9)2-10-5(4(6)8)7(11)12/h2H,1H3,(H,11,12). The summed E-state index contributed by atoms with van der Waals surface area (Å²) in [4.78, 5) is 13.9. The molecule has 0 atom stereocenters. The number of aromatic nitrogens is 1. The summed E-state index contributed by atoms with van der Waals surface area (Å²) in [6.45, 7) is 0. The number of methoxy groups -OCH3 is 1. The summed E-state index contributed by atoms with van der Waals surface area (Å²) in [5.41, 5.74) is -0.279. The van der Waals surface area contributed by atoms with Gasteiger partial charge >= 0.3 is 5.97 Å². The van der Waals surface area contributed by atoms with E-state index in [0.29, 0.717) is 0 Å². The Morgan fingerprint density at radius 3 is 2.85 bits per heavy atom. The molecule has 13 heavy (non-hydrogen) atoms. The van der Waals surface area contributed by atoms with Gasteiger partial charge in [0.25, 0.3) is 0 Å². The Hall–Kier alpha value is -1.17. The Balaban J connectivity index is 3.35. The van der Waals surface area contributed by atoms with Crippen LogP contribution in [0.3, 0.4) is 0 Å². The quantitative estimate of drug-likeness (QED) is 0.867. The van der Waals surface area contributed by atoms with Crippen LogP contribution >= 0.6 is 15.9 Å². The first-order valence-electron chi connectivity index (χ1n) is 3.19. The molecular weight excluding hydrogens is 245 g/mol. The monoisotopic (exact) mass is 249 g/mol. The lowest BCUT2D eigenvalue weighted by molar-refractivity contribution is 0.0688. The molecule has 6 heteroatoms. The Morgan fingerprint density at radius 1 is 1.77 bits per heavy atom. The van der Waals surface area contributed by atoms with Crippen LogP contribution in [0.1, 0.15) is 10.5 Å². The predicted molar refractivity (Wildman–Crippen MR) is 45.4 cm³/mol. The van der Waals surface area contributed by atoms with E-state index in [9.17, 15) is 9.18 Å². The highest BCUT2D eigenvalue weighted by molar-refractivity contribution is 9.10. The third-order valence-electron chi connectivity index (χ3n) is 1.34. The minimum absolute atomic E-state index is 0.00231. The Kier molecular flexibility index (Phi) is 2.82. The van der Waals surface area contributed by atoms with Gasteiger partial charge in [-0.15, -0.1) is 0 Å². The third-order valence-corrected chi connectivity index (χ3v) is 2.07. The molecule has 0 amide bonds. The van der Waals surface area contributed by atoms with Crippen molar-refractivity contribution < 1.29 is 19.0 Å². The first kappa shape index (κ1) is 9.91. The number of hydrogen-bond donors (Lipinski definition) is 1. The lowest BCUT2D eigenvalue weighted by Crippen LogP contribution is -2.04. The van der Waals surface area contributed by atoms with Crippen LogP contribution in [0, 0.1) is 5.82 Å². The summed E-state index contributed by atoms with van der Waals surface area (Å²) in [5.74, 6) is -2.11. The average molecular weight is 250 g/mol. The number of ether oxygens (including phenoxy) is 1. The van der Waals surface area contributed by atoms with Gasteiger partial charge in [0.1, 0.15) is 0 Å². The van der Waals surface area contributed by atoms with Gasteiger partial charge in [-0.25, -0.2) is 14.2 Å². The Labute approximate surface area is 81.5 Å². The first-order chi connectivity index (χ1) is 6.07. The number of halogens is 2. The van der Waals surface area contributed by atoms with Crippen molar-refractivity contribution in [3.8, 4) is 5.75 Å². The second-order valence-corrected chi connectivity index (χ2v) is 2.90. The van der Waals surface area contributed by atoms with Crippen molar-refractivity contribution in [1.82, 2.24) is 4.98 Å². The van der Waals surface area contributed by atoms with Crippen LogP contribution in [0.4, 0.5) is 4.39 Å². The second-order valence-electron chi connectivity index (χ2n) is 2.11. The number of nitrogens with zero attached hydrogens (tertiary/aromatic N) is 1. The lowest BCUT2D eigenvalue weighted by Gasteiger charge is -2.05. The van der Waals surface area contributed by atoms with E-state index in [1.807, 2.05) is 0 Å². The van der Waals surface area contributed by atoms with Gasteiger partial charge in [-0.3, -0.25) is 0 Å². The number of carboxylic acids is 1. The topological polar surface area (TPSA) is 59.4 Å². The van der Waals surface area contributed by atoms with Crippen LogP contribution < -0.4 is 4.74 Å². The van der Waals surface area contributed by atoms with Gasteiger partial charge in [0.2, 0.25) is 0 Å². The van der Waals surface area contributed by atoms with Crippen molar-refractivity contribution >= 4 is 21.9 Å². The van der Waals surface area contributed by atoms with Crippen LogP contribution in [-0.2, 0) is 0 Å². The molecule has 0 saturated carbocycles. The molecule has 0 aliphatic carbocycles. The molecule has 1 aromatic heterocycles. The number of carbonyl (C=O) groups is 1. The zero-order valence-electron chi connectivity index (χ0n) is 6.54. The van der Waals surface area contributed by atoms with Crippen LogP contribution in [-0.4, -0.2) is 23.2 Å². The molecular formula is C7H5BrFNO3. The van der Waals surface area contributed by atoms with Crippen molar-refractivity contribution in [3.63, 3.8) is 0 Å². The molecule has 1 aromatic rings. The minimum Gasteiger partial charge on any atom is -0.492 e. The van der Waals surface area contributed by atoms with Gasteiger partial charge in [-0.2, -0.15) is 0 Å². The maximum absolute atomic E-state index is 12.9. The first-order valence-corrected chi connectivity index (χ1v) is 3.98. The summed E-state index contributed by atoms with van der Waals surface area (Å²) < 4.78 is 17.5. The van der Waals surface area contributed by atoms with E-state index in [0.717, 1.165) is 6.20 Å². The van der Waals surface area contributed by atoms with Crippen molar-refractivity contribution in [2.45, 2.75) is 0 Å². The molecule has 0 unspecified atom stereocenters. The minimum atomic E-state index is -1.25. The van der Waals surface area contributed by atoms with E-state index in [1.165, 1.54) is 7.11 Å². The van der Waals surface area contributed by atoms with Gasteiger partial charge in [-0.1, -0.05) is 0 Å². The number of hydrogen-bond acceptors (Lipinski definition) is 3. The summed E-state index contributed by atoms with van der Waals surface area (Å²) in [6, 6.07) is 0. The Morgan fingerprint density at radius 2 is 2.38 bits per heavy atom. The fourth-order valence-corrected chi connectivity index (χ4v) is 1.41. The van der Waals surface area contributed by atoms with Crippen molar-refractivity contribution in [2.24, 2.45) is 0 Å². The van der Waals surface area contributed by atoms with Crippen molar-refractivity contribution in [3.05, 3.63) is 22.2 Å². The highest BCUT2D eigenvalue weighted by atomic mass is 79.9. The molecule has 0 saturated heterocycles. The molecule has 0 aliphatic heterocycles. The largest absolute Gasteiger partial charge is 0.492 e. The highest BCUT2D eigenvalue weighted by Gasteiger charge is 2.17. The Bertz CT molecular complexity index is 356. The van der Waals surface area contributed by atoms with Crippen LogP contribution in [0.25, 0.3) is 0 Å². The smallest absolute Gasteiger partial charge is 0.355 e. The molecule has 70 valence electrons. The van der Waals surface area contributed by atoms with Crippen molar-refractivity contribution in [1.29, 1.82) is 0 Å².